The summed E-state index contributed by atoms with van der Waals surface area (Å²) in [4.78, 5) is 19.6. The van der Waals surface area contributed by atoms with E-state index in [2.05, 4.69) is 15.3 Å². The van der Waals surface area contributed by atoms with Gasteiger partial charge in [0.2, 0.25) is 5.95 Å². The van der Waals surface area contributed by atoms with Crippen LogP contribution in [0.1, 0.15) is 15.9 Å². The van der Waals surface area contributed by atoms with E-state index >= 15 is 0 Å². The Kier molecular flexibility index (Phi) is 2.87. The molecule has 1 heterocycles. The summed E-state index contributed by atoms with van der Waals surface area (Å²) in [6, 6.07) is 12.9. The summed E-state index contributed by atoms with van der Waals surface area (Å²) in [6.45, 7) is 1.91. The number of para-hydroxylation sites is 2. The number of rotatable bonds is 2. The Balaban J connectivity index is 1.90. The van der Waals surface area contributed by atoms with Crippen LogP contribution < -0.4 is 11.1 Å². The van der Waals surface area contributed by atoms with Crippen LogP contribution in [0.5, 0.6) is 0 Å². The van der Waals surface area contributed by atoms with Gasteiger partial charge in [0.05, 0.1) is 16.6 Å². The molecule has 0 spiro atoms. The number of carbonyl (C=O) groups excluding carboxylic acids is 1. The highest BCUT2D eigenvalue weighted by Crippen LogP contribution is 2.17. The van der Waals surface area contributed by atoms with E-state index in [1.807, 2.05) is 37.3 Å². The summed E-state index contributed by atoms with van der Waals surface area (Å²) in [5.74, 6) is 0.141. The number of H-pyrrole nitrogens is 1. The van der Waals surface area contributed by atoms with Crippen molar-refractivity contribution in [3.8, 4) is 0 Å². The lowest BCUT2D eigenvalue weighted by Crippen LogP contribution is -2.15. The first-order chi connectivity index (χ1) is 9.63. The average molecular weight is 266 g/mol. The molecule has 0 saturated carbocycles. The fourth-order valence-corrected chi connectivity index (χ4v) is 2.05. The molecule has 1 amide bonds. The second kappa shape index (κ2) is 4.70. The number of fused-ring (bicyclic) bond motifs is 1. The fraction of sp³-hybridized carbons (Fsp3) is 0.0667. The lowest BCUT2D eigenvalue weighted by Gasteiger charge is -2.06. The Bertz CT molecular complexity index is 758. The van der Waals surface area contributed by atoms with Crippen LogP contribution in [-0.4, -0.2) is 15.9 Å². The molecule has 0 aliphatic carbocycles. The molecule has 4 N–H and O–H groups in total. The summed E-state index contributed by atoms with van der Waals surface area (Å²) in [7, 11) is 0. The number of amides is 1. The predicted octanol–water partition coefficient (Wildman–Crippen LogP) is 2.71. The van der Waals surface area contributed by atoms with Crippen LogP contribution in [0.25, 0.3) is 11.0 Å². The Labute approximate surface area is 115 Å². The van der Waals surface area contributed by atoms with Crippen molar-refractivity contribution in [2.24, 2.45) is 0 Å². The minimum Gasteiger partial charge on any atom is -0.398 e. The molecule has 0 radical (unpaired) electrons. The number of aromatic amines is 1. The summed E-state index contributed by atoms with van der Waals surface area (Å²) in [5.41, 5.74) is 9.39. The Hall–Kier alpha value is -2.82. The van der Waals surface area contributed by atoms with E-state index in [9.17, 15) is 4.79 Å². The van der Waals surface area contributed by atoms with Crippen molar-refractivity contribution in [2.75, 3.05) is 11.1 Å². The van der Waals surface area contributed by atoms with Crippen LogP contribution in [0.4, 0.5) is 11.6 Å². The van der Waals surface area contributed by atoms with Gasteiger partial charge in [0.1, 0.15) is 0 Å². The van der Waals surface area contributed by atoms with Gasteiger partial charge in [-0.05, 0) is 31.2 Å². The lowest BCUT2D eigenvalue weighted by molar-refractivity contribution is 0.102. The Morgan fingerprint density at radius 2 is 2.05 bits per heavy atom. The zero-order valence-corrected chi connectivity index (χ0v) is 11.0. The number of nitrogens with zero attached hydrogens (tertiary/aromatic N) is 1. The number of nitrogens with two attached hydrogens (primary N) is 1. The summed E-state index contributed by atoms with van der Waals surface area (Å²) < 4.78 is 0. The van der Waals surface area contributed by atoms with Gasteiger partial charge in [-0.15, -0.1) is 0 Å². The van der Waals surface area contributed by atoms with Crippen molar-refractivity contribution in [1.29, 1.82) is 0 Å². The highest BCUT2D eigenvalue weighted by Gasteiger charge is 2.12. The zero-order valence-electron chi connectivity index (χ0n) is 11.0. The zero-order chi connectivity index (χ0) is 14.1. The van der Waals surface area contributed by atoms with Gasteiger partial charge >= 0.3 is 0 Å². The summed E-state index contributed by atoms with van der Waals surface area (Å²) in [5, 5.41) is 2.73. The van der Waals surface area contributed by atoms with Gasteiger partial charge in [-0.3, -0.25) is 10.1 Å². The molecule has 3 rings (SSSR count). The van der Waals surface area contributed by atoms with Gasteiger partial charge in [0.25, 0.3) is 5.91 Å². The van der Waals surface area contributed by atoms with Crippen molar-refractivity contribution >= 4 is 28.6 Å². The number of aryl methyl sites for hydroxylation is 1. The first kappa shape index (κ1) is 12.2. The molecule has 100 valence electrons. The van der Waals surface area contributed by atoms with Crippen LogP contribution in [0, 0.1) is 6.92 Å². The molecule has 20 heavy (non-hydrogen) atoms. The number of nitrogens with one attached hydrogen (secondary N) is 2. The van der Waals surface area contributed by atoms with Gasteiger partial charge in [-0.1, -0.05) is 23.8 Å². The number of hydrogen-bond acceptors (Lipinski definition) is 3. The summed E-state index contributed by atoms with van der Waals surface area (Å²) >= 11 is 0. The molecule has 0 bridgehead atoms. The van der Waals surface area contributed by atoms with Crippen molar-refractivity contribution < 1.29 is 4.79 Å². The Morgan fingerprint density at radius 3 is 2.85 bits per heavy atom. The van der Waals surface area contributed by atoms with Gasteiger partial charge in [0, 0.05) is 5.69 Å². The molecule has 0 unspecified atom stereocenters. The molecule has 0 aliphatic heterocycles. The van der Waals surface area contributed by atoms with E-state index in [4.69, 9.17) is 5.73 Å². The first-order valence-corrected chi connectivity index (χ1v) is 6.26. The molecule has 5 nitrogen and oxygen atoms in total. The standard InChI is InChI=1S/C15H14N4O/c1-9-6-7-11(16)10(8-9)14(20)19-15-17-12-4-2-3-5-13(12)18-15/h2-8H,16H2,1H3,(H2,17,18,19,20). The minimum atomic E-state index is -0.273. The number of carbonyl (C=O) groups is 1. The lowest BCUT2D eigenvalue weighted by atomic mass is 10.1. The molecule has 0 saturated heterocycles. The quantitative estimate of drug-likeness (QED) is 0.623. The van der Waals surface area contributed by atoms with Crippen LogP contribution in [0.2, 0.25) is 0 Å². The largest absolute Gasteiger partial charge is 0.398 e. The molecular weight excluding hydrogens is 252 g/mol. The van der Waals surface area contributed by atoms with Crippen LogP contribution >= 0.6 is 0 Å². The minimum absolute atomic E-state index is 0.273. The van der Waals surface area contributed by atoms with Gasteiger partial charge in [0.15, 0.2) is 0 Å². The Morgan fingerprint density at radius 1 is 1.25 bits per heavy atom. The van der Waals surface area contributed by atoms with Crippen LogP contribution in [0.3, 0.4) is 0 Å². The van der Waals surface area contributed by atoms with E-state index in [0.717, 1.165) is 16.6 Å². The maximum absolute atomic E-state index is 12.2. The van der Waals surface area contributed by atoms with E-state index in [0.29, 0.717) is 17.2 Å². The van der Waals surface area contributed by atoms with Crippen LogP contribution in [0.15, 0.2) is 42.5 Å². The second-order valence-corrected chi connectivity index (χ2v) is 4.65. The van der Waals surface area contributed by atoms with Gasteiger partial charge < -0.3 is 10.7 Å². The number of aromatic nitrogens is 2. The number of hydrogen-bond donors (Lipinski definition) is 3. The molecule has 0 fully saturated rings. The molecule has 0 atom stereocenters. The molecule has 0 aliphatic rings. The second-order valence-electron chi connectivity index (χ2n) is 4.65. The molecule has 2 aromatic carbocycles. The fourth-order valence-electron chi connectivity index (χ4n) is 2.05. The van der Waals surface area contributed by atoms with Crippen molar-refractivity contribution in [3.63, 3.8) is 0 Å². The van der Waals surface area contributed by atoms with E-state index < -0.39 is 0 Å². The normalized spacial score (nSPS) is 10.7. The van der Waals surface area contributed by atoms with Crippen molar-refractivity contribution in [3.05, 3.63) is 53.6 Å². The van der Waals surface area contributed by atoms with Gasteiger partial charge in [-0.25, -0.2) is 4.98 Å². The topological polar surface area (TPSA) is 83.8 Å². The van der Waals surface area contributed by atoms with E-state index in [1.54, 1.807) is 12.1 Å². The third-order valence-corrected chi connectivity index (χ3v) is 3.07. The number of nitrogen functional groups attached to an aromatic ring is 1. The third-order valence-electron chi connectivity index (χ3n) is 3.07. The average Bonchev–Trinajstić information content (AvgIpc) is 2.83. The first-order valence-electron chi connectivity index (χ1n) is 6.26. The number of anilines is 2. The number of imidazole rings is 1. The summed E-state index contributed by atoms with van der Waals surface area (Å²) in [6.07, 6.45) is 0. The van der Waals surface area contributed by atoms with Gasteiger partial charge in [-0.2, -0.15) is 0 Å². The maximum Gasteiger partial charge on any atom is 0.260 e. The molecular formula is C15H14N4O. The van der Waals surface area contributed by atoms with E-state index in [-0.39, 0.29) is 5.91 Å². The molecule has 5 heteroatoms. The highest BCUT2D eigenvalue weighted by atomic mass is 16.1. The number of benzene rings is 2. The molecule has 3 aromatic rings. The van der Waals surface area contributed by atoms with Crippen molar-refractivity contribution in [1.82, 2.24) is 9.97 Å². The van der Waals surface area contributed by atoms with Crippen LogP contribution in [-0.2, 0) is 0 Å². The predicted molar refractivity (Wildman–Crippen MR) is 79.6 cm³/mol. The SMILES string of the molecule is Cc1ccc(N)c(C(=O)Nc2nc3ccccc3[nH]2)c1. The maximum atomic E-state index is 12.2. The monoisotopic (exact) mass is 266 g/mol. The third kappa shape index (κ3) is 2.21. The highest BCUT2D eigenvalue weighted by molar-refractivity contribution is 6.07. The molecule has 1 aromatic heterocycles. The smallest absolute Gasteiger partial charge is 0.260 e. The van der Waals surface area contributed by atoms with E-state index in [1.165, 1.54) is 0 Å². The van der Waals surface area contributed by atoms with Crippen molar-refractivity contribution in [2.45, 2.75) is 6.92 Å².